The Kier molecular flexibility index (Phi) is 4.45. The van der Waals surface area contributed by atoms with Gasteiger partial charge in [0.1, 0.15) is 0 Å². The molecule has 1 aromatic carbocycles. The number of aromatic nitrogens is 1. The molecule has 1 N–H and O–H groups in total. The lowest BCUT2D eigenvalue weighted by molar-refractivity contribution is 0.456. The minimum Gasteiger partial charge on any atom is -0.351 e. The molecule has 0 aliphatic carbocycles. The molecule has 0 fully saturated rings. The van der Waals surface area contributed by atoms with Gasteiger partial charge in [0, 0.05) is 18.4 Å². The van der Waals surface area contributed by atoms with Crippen LogP contribution < -0.4 is 10.2 Å². The standard InChI is InChI=1S/C19H27N3S/c1-13(2)10-19(23-5)21-17-11-20-16-9-7-6-8-15(16)18(17)22(19)12-14(3)4/h6-9,11,13-14,21H,10,12H2,1-5H3. The summed E-state index contributed by atoms with van der Waals surface area (Å²) in [4.78, 5) is 7.16. The topological polar surface area (TPSA) is 28.2 Å². The van der Waals surface area contributed by atoms with Gasteiger partial charge in [-0.3, -0.25) is 4.98 Å². The number of rotatable bonds is 5. The second kappa shape index (κ2) is 6.23. The van der Waals surface area contributed by atoms with Gasteiger partial charge in [0.05, 0.1) is 23.1 Å². The van der Waals surface area contributed by atoms with Crippen LogP contribution in [0, 0.1) is 11.8 Å². The number of nitrogens with one attached hydrogen (secondary N) is 1. The molecule has 2 heterocycles. The maximum atomic E-state index is 4.65. The summed E-state index contributed by atoms with van der Waals surface area (Å²) in [5.74, 6) is 1.23. The highest BCUT2D eigenvalue weighted by Crippen LogP contribution is 2.50. The molecule has 1 atom stereocenters. The molecular weight excluding hydrogens is 302 g/mol. The highest BCUT2D eigenvalue weighted by atomic mass is 32.2. The van der Waals surface area contributed by atoms with E-state index in [-0.39, 0.29) is 4.99 Å². The van der Waals surface area contributed by atoms with Crippen molar-refractivity contribution < 1.29 is 0 Å². The highest BCUT2D eigenvalue weighted by molar-refractivity contribution is 8.00. The first-order chi connectivity index (χ1) is 11.0. The van der Waals surface area contributed by atoms with Gasteiger partial charge in [-0.2, -0.15) is 0 Å². The van der Waals surface area contributed by atoms with E-state index in [4.69, 9.17) is 0 Å². The van der Waals surface area contributed by atoms with Crippen LogP contribution in [0.2, 0.25) is 0 Å². The molecule has 0 saturated carbocycles. The van der Waals surface area contributed by atoms with Crippen LogP contribution in [-0.2, 0) is 0 Å². The van der Waals surface area contributed by atoms with E-state index in [1.807, 2.05) is 18.0 Å². The highest BCUT2D eigenvalue weighted by Gasteiger charge is 2.44. The van der Waals surface area contributed by atoms with E-state index >= 15 is 0 Å². The van der Waals surface area contributed by atoms with Crippen LogP contribution in [0.15, 0.2) is 30.5 Å². The van der Waals surface area contributed by atoms with Crippen molar-refractivity contribution >= 4 is 34.0 Å². The second-order valence-corrected chi connectivity index (χ2v) is 8.34. The largest absolute Gasteiger partial charge is 0.351 e. The summed E-state index contributed by atoms with van der Waals surface area (Å²) in [6, 6.07) is 8.47. The first kappa shape index (κ1) is 16.4. The van der Waals surface area contributed by atoms with E-state index in [9.17, 15) is 0 Å². The monoisotopic (exact) mass is 329 g/mol. The smallest absolute Gasteiger partial charge is 0.159 e. The summed E-state index contributed by atoms with van der Waals surface area (Å²) in [5.41, 5.74) is 3.56. The third-order valence-electron chi connectivity index (χ3n) is 4.35. The van der Waals surface area contributed by atoms with Gasteiger partial charge < -0.3 is 10.2 Å². The van der Waals surface area contributed by atoms with Crippen molar-refractivity contribution in [2.24, 2.45) is 11.8 Å². The Bertz CT molecular complexity index is 698. The molecule has 23 heavy (non-hydrogen) atoms. The Balaban J connectivity index is 2.17. The number of hydrogen-bond donors (Lipinski definition) is 1. The van der Waals surface area contributed by atoms with Crippen LogP contribution in [0.5, 0.6) is 0 Å². The van der Waals surface area contributed by atoms with Crippen LogP contribution in [0.3, 0.4) is 0 Å². The molecule has 0 radical (unpaired) electrons. The average Bonchev–Trinajstić information content (AvgIpc) is 2.80. The Morgan fingerprint density at radius 1 is 1.17 bits per heavy atom. The zero-order valence-electron chi connectivity index (χ0n) is 14.8. The Labute approximate surface area is 143 Å². The van der Waals surface area contributed by atoms with Crippen molar-refractivity contribution in [2.75, 3.05) is 23.0 Å². The number of para-hydroxylation sites is 1. The number of benzene rings is 1. The van der Waals surface area contributed by atoms with Crippen molar-refractivity contribution in [3.05, 3.63) is 30.5 Å². The maximum absolute atomic E-state index is 4.65. The van der Waals surface area contributed by atoms with Crippen LogP contribution in [0.4, 0.5) is 11.4 Å². The van der Waals surface area contributed by atoms with Crippen molar-refractivity contribution in [2.45, 2.75) is 39.1 Å². The van der Waals surface area contributed by atoms with Gasteiger partial charge in [0.2, 0.25) is 0 Å². The van der Waals surface area contributed by atoms with E-state index in [1.54, 1.807) is 0 Å². The molecule has 0 spiro atoms. The normalized spacial score (nSPS) is 20.4. The molecule has 3 nitrogen and oxygen atoms in total. The summed E-state index contributed by atoms with van der Waals surface area (Å²) in [5, 5.41) is 5.05. The zero-order valence-corrected chi connectivity index (χ0v) is 15.6. The summed E-state index contributed by atoms with van der Waals surface area (Å²) in [6.07, 6.45) is 5.32. The number of hydrogen-bond acceptors (Lipinski definition) is 4. The molecule has 1 aliphatic heterocycles. The fourth-order valence-corrected chi connectivity index (χ4v) is 4.63. The van der Waals surface area contributed by atoms with Crippen LogP contribution in [-0.4, -0.2) is 22.8 Å². The molecule has 3 rings (SSSR count). The van der Waals surface area contributed by atoms with E-state index in [0.717, 1.165) is 18.5 Å². The molecule has 1 unspecified atom stereocenters. The summed E-state index contributed by atoms with van der Waals surface area (Å²) < 4.78 is 0. The number of thioether (sulfide) groups is 1. The van der Waals surface area contributed by atoms with E-state index < -0.39 is 0 Å². The van der Waals surface area contributed by atoms with Crippen molar-refractivity contribution in [1.29, 1.82) is 0 Å². The molecule has 1 aliphatic rings. The Hall–Kier alpha value is -1.42. The molecule has 0 saturated heterocycles. The predicted molar refractivity (Wildman–Crippen MR) is 103 cm³/mol. The summed E-state index contributed by atoms with van der Waals surface area (Å²) in [7, 11) is 0. The van der Waals surface area contributed by atoms with Gasteiger partial charge in [0.15, 0.2) is 4.99 Å². The van der Waals surface area contributed by atoms with Gasteiger partial charge in [-0.1, -0.05) is 45.9 Å². The Morgan fingerprint density at radius 3 is 2.57 bits per heavy atom. The number of pyridine rings is 1. The molecule has 1 aromatic heterocycles. The van der Waals surface area contributed by atoms with Gasteiger partial charge in [-0.15, -0.1) is 11.8 Å². The SMILES string of the molecule is CSC1(CC(C)C)Nc2cnc3ccccc3c2N1CC(C)C. The third kappa shape index (κ3) is 2.89. The minimum absolute atomic E-state index is 0.0768. The molecule has 0 amide bonds. The molecule has 4 heteroatoms. The van der Waals surface area contributed by atoms with Crippen LogP contribution in [0.1, 0.15) is 34.1 Å². The van der Waals surface area contributed by atoms with Crippen molar-refractivity contribution in [3.8, 4) is 0 Å². The fourth-order valence-electron chi connectivity index (χ4n) is 3.53. The molecule has 0 bridgehead atoms. The van der Waals surface area contributed by atoms with Crippen LogP contribution >= 0.6 is 11.8 Å². The van der Waals surface area contributed by atoms with Crippen LogP contribution in [0.25, 0.3) is 10.9 Å². The number of nitrogens with zero attached hydrogens (tertiary/aromatic N) is 2. The van der Waals surface area contributed by atoms with Gasteiger partial charge in [-0.05, 0) is 24.2 Å². The first-order valence-electron chi connectivity index (χ1n) is 8.45. The number of anilines is 2. The summed E-state index contributed by atoms with van der Waals surface area (Å²) >= 11 is 1.91. The average molecular weight is 330 g/mol. The quantitative estimate of drug-likeness (QED) is 0.817. The van der Waals surface area contributed by atoms with Crippen molar-refractivity contribution in [1.82, 2.24) is 4.98 Å². The van der Waals surface area contributed by atoms with Crippen molar-refractivity contribution in [3.63, 3.8) is 0 Å². The molecule has 124 valence electrons. The lowest BCUT2D eigenvalue weighted by atomic mass is 10.1. The third-order valence-corrected chi connectivity index (χ3v) is 5.52. The van der Waals surface area contributed by atoms with E-state index in [2.05, 4.69) is 73.4 Å². The van der Waals surface area contributed by atoms with E-state index in [1.165, 1.54) is 16.8 Å². The number of fused-ring (bicyclic) bond motifs is 3. The summed E-state index contributed by atoms with van der Waals surface area (Å²) in [6.45, 7) is 10.2. The minimum atomic E-state index is -0.0768. The van der Waals surface area contributed by atoms with Gasteiger partial charge in [-0.25, -0.2) is 0 Å². The van der Waals surface area contributed by atoms with E-state index in [0.29, 0.717) is 11.8 Å². The van der Waals surface area contributed by atoms with Gasteiger partial charge >= 0.3 is 0 Å². The Morgan fingerprint density at radius 2 is 1.91 bits per heavy atom. The van der Waals surface area contributed by atoms with Gasteiger partial charge in [0.25, 0.3) is 0 Å². The maximum Gasteiger partial charge on any atom is 0.159 e. The first-order valence-corrected chi connectivity index (χ1v) is 9.68. The lowest BCUT2D eigenvalue weighted by Crippen LogP contribution is -2.50. The zero-order chi connectivity index (χ0) is 16.6. The predicted octanol–water partition coefficient (Wildman–Crippen LogP) is 5.19. The molecule has 2 aromatic rings. The molecular formula is C19H27N3S. The fraction of sp³-hybridized carbons (Fsp3) is 0.526. The second-order valence-electron chi connectivity index (χ2n) is 7.25. The lowest BCUT2D eigenvalue weighted by Gasteiger charge is -2.41.